The number of nitrogens with two attached hydrogens (primary N) is 1. The summed E-state index contributed by atoms with van der Waals surface area (Å²) in [5, 5.41) is 0. The standard InChI is InChI=1S/C16H24N2O/c1-12-5-7-14(8-6-12)10-16(19)18-9-3-4-15(11-18)13(2)17/h5-8,13,15H,3-4,9-11,17H2,1-2H3. The predicted octanol–water partition coefficient (Wildman–Crippen LogP) is 2.12. The summed E-state index contributed by atoms with van der Waals surface area (Å²) in [5.41, 5.74) is 8.28. The molecule has 2 N–H and O–H groups in total. The van der Waals surface area contributed by atoms with Crippen LogP contribution in [0, 0.1) is 12.8 Å². The fourth-order valence-corrected chi connectivity index (χ4v) is 2.66. The van der Waals surface area contributed by atoms with Crippen LogP contribution in [-0.2, 0) is 11.2 Å². The van der Waals surface area contributed by atoms with Gasteiger partial charge in [0.2, 0.25) is 5.91 Å². The maximum atomic E-state index is 12.3. The molecule has 0 spiro atoms. The topological polar surface area (TPSA) is 46.3 Å². The van der Waals surface area contributed by atoms with Gasteiger partial charge in [0.1, 0.15) is 0 Å². The Kier molecular flexibility index (Phi) is 4.59. The Balaban J connectivity index is 1.94. The summed E-state index contributed by atoms with van der Waals surface area (Å²) in [6, 6.07) is 8.38. The molecule has 1 fully saturated rings. The summed E-state index contributed by atoms with van der Waals surface area (Å²) in [5.74, 6) is 0.685. The molecule has 0 radical (unpaired) electrons. The molecule has 1 aromatic rings. The molecule has 2 unspecified atom stereocenters. The summed E-state index contributed by atoms with van der Waals surface area (Å²) in [6.07, 6.45) is 2.73. The number of nitrogens with zero attached hydrogens (tertiary/aromatic N) is 1. The molecule has 1 amide bonds. The van der Waals surface area contributed by atoms with Gasteiger partial charge in [-0.25, -0.2) is 0 Å². The minimum absolute atomic E-state index is 0.176. The highest BCUT2D eigenvalue weighted by molar-refractivity contribution is 5.78. The highest BCUT2D eigenvalue weighted by Crippen LogP contribution is 2.19. The number of hydrogen-bond donors (Lipinski definition) is 1. The predicted molar refractivity (Wildman–Crippen MR) is 77.8 cm³/mol. The maximum absolute atomic E-state index is 12.3. The van der Waals surface area contributed by atoms with Gasteiger partial charge in [0.25, 0.3) is 0 Å². The Morgan fingerprint density at radius 3 is 2.74 bits per heavy atom. The largest absolute Gasteiger partial charge is 0.342 e. The maximum Gasteiger partial charge on any atom is 0.226 e. The van der Waals surface area contributed by atoms with Crippen molar-refractivity contribution in [3.05, 3.63) is 35.4 Å². The molecule has 0 aliphatic carbocycles. The van der Waals surface area contributed by atoms with Crippen molar-refractivity contribution in [2.45, 2.75) is 39.2 Å². The summed E-state index contributed by atoms with van der Waals surface area (Å²) in [7, 11) is 0. The summed E-state index contributed by atoms with van der Waals surface area (Å²) >= 11 is 0. The molecule has 1 heterocycles. The second-order valence-electron chi connectivity index (χ2n) is 5.76. The second-order valence-corrected chi connectivity index (χ2v) is 5.76. The molecular weight excluding hydrogens is 236 g/mol. The first-order valence-electron chi connectivity index (χ1n) is 7.15. The molecule has 0 saturated carbocycles. The van der Waals surface area contributed by atoms with Gasteiger partial charge in [0.05, 0.1) is 6.42 Å². The van der Waals surface area contributed by atoms with Crippen molar-refractivity contribution in [3.63, 3.8) is 0 Å². The zero-order valence-corrected chi connectivity index (χ0v) is 11.9. The Labute approximate surface area is 115 Å². The van der Waals surface area contributed by atoms with E-state index in [4.69, 9.17) is 5.73 Å². The van der Waals surface area contributed by atoms with E-state index in [1.165, 1.54) is 5.56 Å². The number of amides is 1. The zero-order valence-electron chi connectivity index (χ0n) is 11.9. The average molecular weight is 260 g/mol. The smallest absolute Gasteiger partial charge is 0.226 e. The van der Waals surface area contributed by atoms with Crippen LogP contribution >= 0.6 is 0 Å². The van der Waals surface area contributed by atoms with Crippen molar-refractivity contribution in [2.75, 3.05) is 13.1 Å². The van der Waals surface area contributed by atoms with Gasteiger partial charge >= 0.3 is 0 Å². The van der Waals surface area contributed by atoms with Crippen molar-refractivity contribution in [1.29, 1.82) is 0 Å². The molecule has 1 aliphatic rings. The van der Waals surface area contributed by atoms with Crippen LogP contribution in [0.15, 0.2) is 24.3 Å². The van der Waals surface area contributed by atoms with E-state index in [0.717, 1.165) is 31.5 Å². The molecule has 1 aliphatic heterocycles. The van der Waals surface area contributed by atoms with E-state index in [1.807, 2.05) is 24.0 Å². The van der Waals surface area contributed by atoms with Gasteiger partial charge in [-0.05, 0) is 38.2 Å². The van der Waals surface area contributed by atoms with E-state index >= 15 is 0 Å². The lowest BCUT2D eigenvalue weighted by atomic mass is 9.92. The first kappa shape index (κ1) is 14.1. The summed E-state index contributed by atoms with van der Waals surface area (Å²) in [6.45, 7) is 5.80. The molecule has 3 nitrogen and oxygen atoms in total. The molecule has 2 atom stereocenters. The van der Waals surface area contributed by atoms with Crippen molar-refractivity contribution in [2.24, 2.45) is 11.7 Å². The third-order valence-electron chi connectivity index (χ3n) is 4.03. The van der Waals surface area contributed by atoms with Crippen LogP contribution < -0.4 is 5.73 Å². The third kappa shape index (κ3) is 3.80. The van der Waals surface area contributed by atoms with Crippen molar-refractivity contribution in [1.82, 2.24) is 4.90 Å². The first-order valence-corrected chi connectivity index (χ1v) is 7.15. The number of carbonyl (C=O) groups excluding carboxylic acids is 1. The highest BCUT2D eigenvalue weighted by Gasteiger charge is 2.25. The number of carbonyl (C=O) groups is 1. The number of piperidine rings is 1. The number of aryl methyl sites for hydroxylation is 1. The van der Waals surface area contributed by atoms with E-state index in [2.05, 4.69) is 19.1 Å². The van der Waals surface area contributed by atoms with E-state index < -0.39 is 0 Å². The lowest BCUT2D eigenvalue weighted by Crippen LogP contribution is -2.45. The van der Waals surface area contributed by atoms with E-state index in [1.54, 1.807) is 0 Å². The minimum Gasteiger partial charge on any atom is -0.342 e. The molecular formula is C16H24N2O. The van der Waals surface area contributed by atoms with Crippen LogP contribution in [0.4, 0.5) is 0 Å². The van der Waals surface area contributed by atoms with Gasteiger partial charge in [-0.3, -0.25) is 4.79 Å². The Bertz CT molecular complexity index is 425. The lowest BCUT2D eigenvalue weighted by Gasteiger charge is -2.34. The van der Waals surface area contributed by atoms with Crippen molar-refractivity contribution in [3.8, 4) is 0 Å². The van der Waals surface area contributed by atoms with Crippen molar-refractivity contribution < 1.29 is 4.79 Å². The molecule has 19 heavy (non-hydrogen) atoms. The first-order chi connectivity index (χ1) is 9.06. The van der Waals surface area contributed by atoms with Crippen molar-refractivity contribution >= 4 is 5.91 Å². The van der Waals surface area contributed by atoms with Gasteiger partial charge in [-0.2, -0.15) is 0 Å². The van der Waals surface area contributed by atoms with Gasteiger partial charge in [0.15, 0.2) is 0 Å². The monoisotopic (exact) mass is 260 g/mol. The van der Waals surface area contributed by atoms with Gasteiger partial charge < -0.3 is 10.6 Å². The summed E-state index contributed by atoms with van der Waals surface area (Å²) in [4.78, 5) is 14.3. The van der Waals surface area contributed by atoms with Crippen LogP contribution in [0.25, 0.3) is 0 Å². The van der Waals surface area contributed by atoms with Crippen LogP contribution in [0.1, 0.15) is 30.9 Å². The number of hydrogen-bond acceptors (Lipinski definition) is 2. The van der Waals surface area contributed by atoms with Crippen LogP contribution in [0.5, 0.6) is 0 Å². The SMILES string of the molecule is Cc1ccc(CC(=O)N2CCCC(C(C)N)C2)cc1. The molecule has 1 saturated heterocycles. The minimum atomic E-state index is 0.176. The van der Waals surface area contributed by atoms with Crippen LogP contribution in [-0.4, -0.2) is 29.9 Å². The lowest BCUT2D eigenvalue weighted by molar-refractivity contribution is -0.132. The molecule has 0 aromatic heterocycles. The highest BCUT2D eigenvalue weighted by atomic mass is 16.2. The Morgan fingerprint density at radius 1 is 1.42 bits per heavy atom. The van der Waals surface area contributed by atoms with Gasteiger partial charge in [-0.15, -0.1) is 0 Å². The third-order valence-corrected chi connectivity index (χ3v) is 4.03. The summed E-state index contributed by atoms with van der Waals surface area (Å²) < 4.78 is 0. The van der Waals surface area contributed by atoms with Crippen LogP contribution in [0.3, 0.4) is 0 Å². The Hall–Kier alpha value is -1.35. The quantitative estimate of drug-likeness (QED) is 0.905. The normalized spacial score (nSPS) is 21.2. The molecule has 0 bridgehead atoms. The van der Waals surface area contributed by atoms with E-state index in [-0.39, 0.29) is 11.9 Å². The number of likely N-dealkylation sites (tertiary alicyclic amines) is 1. The molecule has 104 valence electrons. The van der Waals surface area contributed by atoms with Gasteiger partial charge in [-0.1, -0.05) is 29.8 Å². The molecule has 2 rings (SSSR count). The Morgan fingerprint density at radius 2 is 2.11 bits per heavy atom. The van der Waals surface area contributed by atoms with Gasteiger partial charge in [0, 0.05) is 19.1 Å². The zero-order chi connectivity index (χ0) is 13.8. The fourth-order valence-electron chi connectivity index (χ4n) is 2.66. The van der Waals surface area contributed by atoms with Crippen LogP contribution in [0.2, 0.25) is 0 Å². The number of rotatable bonds is 3. The second kappa shape index (κ2) is 6.20. The van der Waals surface area contributed by atoms with E-state index in [0.29, 0.717) is 12.3 Å². The molecule has 1 aromatic carbocycles. The average Bonchev–Trinajstić information content (AvgIpc) is 2.41. The number of benzene rings is 1. The van der Waals surface area contributed by atoms with E-state index in [9.17, 15) is 4.79 Å². The fraction of sp³-hybridized carbons (Fsp3) is 0.562. The molecule has 3 heteroatoms.